The summed E-state index contributed by atoms with van der Waals surface area (Å²) in [5, 5.41) is 3.49. The van der Waals surface area contributed by atoms with Crippen LogP contribution in [0.3, 0.4) is 0 Å². The van der Waals surface area contributed by atoms with Crippen molar-refractivity contribution in [3.63, 3.8) is 0 Å². The summed E-state index contributed by atoms with van der Waals surface area (Å²) in [7, 11) is 0. The highest BCUT2D eigenvalue weighted by atomic mass is 15.2. The second kappa shape index (κ2) is 6.23. The van der Waals surface area contributed by atoms with Crippen molar-refractivity contribution in [3.8, 4) is 0 Å². The van der Waals surface area contributed by atoms with Gasteiger partial charge in [0.1, 0.15) is 0 Å². The lowest BCUT2D eigenvalue weighted by Gasteiger charge is -2.20. The molecule has 0 saturated carbocycles. The van der Waals surface area contributed by atoms with Gasteiger partial charge in [0.15, 0.2) is 0 Å². The molecule has 1 N–H and O–H groups in total. The predicted molar refractivity (Wildman–Crippen MR) is 84.4 cm³/mol. The molecule has 1 fully saturated rings. The van der Waals surface area contributed by atoms with E-state index in [4.69, 9.17) is 0 Å². The summed E-state index contributed by atoms with van der Waals surface area (Å²) in [5.41, 5.74) is 2.60. The quantitative estimate of drug-likeness (QED) is 0.915. The molecule has 3 nitrogen and oxygen atoms in total. The van der Waals surface area contributed by atoms with Crippen molar-refractivity contribution in [2.24, 2.45) is 11.8 Å². The fourth-order valence-corrected chi connectivity index (χ4v) is 2.63. The van der Waals surface area contributed by atoms with Gasteiger partial charge in [-0.25, -0.2) is 0 Å². The Kier molecular flexibility index (Phi) is 4.82. The molecule has 2 unspecified atom stereocenters. The second-order valence-corrected chi connectivity index (χ2v) is 7.41. The summed E-state index contributed by atoms with van der Waals surface area (Å²) in [4.78, 5) is 7.13. The van der Waals surface area contributed by atoms with Crippen LogP contribution in [0.4, 0.5) is 0 Å². The SMILES string of the molecule is CC1CN(Cc2ccc(CNC(C)(C)C)cn2)CC1C. The molecule has 0 amide bonds. The van der Waals surface area contributed by atoms with E-state index in [0.717, 1.165) is 24.9 Å². The van der Waals surface area contributed by atoms with Gasteiger partial charge in [-0.1, -0.05) is 19.9 Å². The molecular formula is C17H29N3. The monoisotopic (exact) mass is 275 g/mol. The Labute approximate surface area is 123 Å². The molecule has 3 heteroatoms. The van der Waals surface area contributed by atoms with Gasteiger partial charge in [-0.15, -0.1) is 0 Å². The second-order valence-electron chi connectivity index (χ2n) is 7.41. The standard InChI is InChI=1S/C17H29N3/c1-13-10-20(11-14(13)2)12-16-7-6-15(8-18-16)9-19-17(3,4)5/h6-8,13-14,19H,9-12H2,1-5H3. The summed E-state index contributed by atoms with van der Waals surface area (Å²) in [5.74, 6) is 1.62. The molecule has 2 heterocycles. The fraction of sp³-hybridized carbons (Fsp3) is 0.706. The highest BCUT2D eigenvalue weighted by Gasteiger charge is 2.25. The highest BCUT2D eigenvalue weighted by molar-refractivity contribution is 5.14. The van der Waals surface area contributed by atoms with E-state index in [-0.39, 0.29) is 5.54 Å². The smallest absolute Gasteiger partial charge is 0.0544 e. The normalized spacial score (nSPS) is 24.2. The molecule has 2 atom stereocenters. The Balaban J connectivity index is 1.86. The van der Waals surface area contributed by atoms with Gasteiger partial charge in [0.25, 0.3) is 0 Å². The number of nitrogens with zero attached hydrogens (tertiary/aromatic N) is 2. The Morgan fingerprint density at radius 1 is 1.20 bits per heavy atom. The number of aromatic nitrogens is 1. The minimum absolute atomic E-state index is 0.153. The van der Waals surface area contributed by atoms with Crippen molar-refractivity contribution in [2.75, 3.05) is 13.1 Å². The zero-order valence-corrected chi connectivity index (χ0v) is 13.6. The Hall–Kier alpha value is -0.930. The van der Waals surface area contributed by atoms with Crippen molar-refractivity contribution in [3.05, 3.63) is 29.6 Å². The van der Waals surface area contributed by atoms with E-state index in [9.17, 15) is 0 Å². The minimum Gasteiger partial charge on any atom is -0.308 e. The molecule has 20 heavy (non-hydrogen) atoms. The molecule has 2 rings (SSSR count). The number of nitrogens with one attached hydrogen (secondary N) is 1. The van der Waals surface area contributed by atoms with Crippen LogP contribution < -0.4 is 5.32 Å². The Morgan fingerprint density at radius 3 is 2.35 bits per heavy atom. The summed E-state index contributed by atoms with van der Waals surface area (Å²) in [6.45, 7) is 15.5. The van der Waals surface area contributed by atoms with Crippen LogP contribution in [-0.2, 0) is 13.1 Å². The topological polar surface area (TPSA) is 28.2 Å². The largest absolute Gasteiger partial charge is 0.308 e. The maximum Gasteiger partial charge on any atom is 0.0544 e. The van der Waals surface area contributed by atoms with Crippen LogP contribution in [0.2, 0.25) is 0 Å². The Bertz CT molecular complexity index is 409. The van der Waals surface area contributed by atoms with Crippen LogP contribution >= 0.6 is 0 Å². The third kappa shape index (κ3) is 4.57. The molecule has 112 valence electrons. The Morgan fingerprint density at radius 2 is 1.85 bits per heavy atom. The van der Waals surface area contributed by atoms with E-state index in [0.29, 0.717) is 0 Å². The van der Waals surface area contributed by atoms with E-state index < -0.39 is 0 Å². The van der Waals surface area contributed by atoms with Gasteiger partial charge in [-0.3, -0.25) is 9.88 Å². The van der Waals surface area contributed by atoms with E-state index in [1.165, 1.54) is 24.3 Å². The molecule has 1 aliphatic heterocycles. The fourth-order valence-electron chi connectivity index (χ4n) is 2.63. The van der Waals surface area contributed by atoms with Crippen LogP contribution in [0, 0.1) is 11.8 Å². The molecule has 0 aliphatic carbocycles. The van der Waals surface area contributed by atoms with Crippen molar-refractivity contribution < 1.29 is 0 Å². The molecule has 0 aromatic carbocycles. The maximum absolute atomic E-state index is 4.61. The lowest BCUT2D eigenvalue weighted by molar-refractivity contribution is 0.312. The highest BCUT2D eigenvalue weighted by Crippen LogP contribution is 2.23. The first kappa shape index (κ1) is 15.5. The molecule has 1 saturated heterocycles. The first-order chi connectivity index (χ1) is 9.33. The third-order valence-electron chi connectivity index (χ3n) is 4.16. The number of rotatable bonds is 4. The number of likely N-dealkylation sites (tertiary alicyclic amines) is 1. The number of hydrogen-bond donors (Lipinski definition) is 1. The van der Waals surface area contributed by atoms with Crippen LogP contribution in [0.5, 0.6) is 0 Å². The lowest BCUT2D eigenvalue weighted by Crippen LogP contribution is -2.35. The van der Waals surface area contributed by atoms with Crippen molar-refractivity contribution in [1.29, 1.82) is 0 Å². The average molecular weight is 275 g/mol. The van der Waals surface area contributed by atoms with E-state index in [1.54, 1.807) is 0 Å². The van der Waals surface area contributed by atoms with E-state index in [2.05, 4.69) is 62.0 Å². The first-order valence-electron chi connectivity index (χ1n) is 7.75. The van der Waals surface area contributed by atoms with Crippen molar-refractivity contribution in [1.82, 2.24) is 15.2 Å². The van der Waals surface area contributed by atoms with Gasteiger partial charge in [0.2, 0.25) is 0 Å². The average Bonchev–Trinajstić information content (AvgIpc) is 2.66. The summed E-state index contributed by atoms with van der Waals surface area (Å²) < 4.78 is 0. The van der Waals surface area contributed by atoms with Gasteiger partial charge in [0, 0.05) is 37.9 Å². The van der Waals surface area contributed by atoms with Gasteiger partial charge >= 0.3 is 0 Å². The van der Waals surface area contributed by atoms with Gasteiger partial charge < -0.3 is 5.32 Å². The van der Waals surface area contributed by atoms with Gasteiger partial charge in [-0.05, 0) is 44.2 Å². The maximum atomic E-state index is 4.61. The predicted octanol–water partition coefficient (Wildman–Crippen LogP) is 3.06. The molecular weight excluding hydrogens is 246 g/mol. The molecule has 1 aromatic heterocycles. The third-order valence-corrected chi connectivity index (χ3v) is 4.16. The van der Waals surface area contributed by atoms with Gasteiger partial charge in [-0.2, -0.15) is 0 Å². The van der Waals surface area contributed by atoms with Crippen molar-refractivity contribution in [2.45, 2.75) is 53.2 Å². The first-order valence-corrected chi connectivity index (χ1v) is 7.75. The summed E-state index contributed by atoms with van der Waals surface area (Å²) >= 11 is 0. The van der Waals surface area contributed by atoms with Gasteiger partial charge in [0.05, 0.1) is 5.69 Å². The van der Waals surface area contributed by atoms with Crippen LogP contribution in [0.25, 0.3) is 0 Å². The zero-order valence-electron chi connectivity index (χ0n) is 13.6. The van der Waals surface area contributed by atoms with Crippen LogP contribution in [0.15, 0.2) is 18.3 Å². The lowest BCUT2D eigenvalue weighted by atomic mass is 10.0. The number of hydrogen-bond acceptors (Lipinski definition) is 3. The molecule has 0 spiro atoms. The van der Waals surface area contributed by atoms with Crippen LogP contribution in [0.1, 0.15) is 45.9 Å². The van der Waals surface area contributed by atoms with E-state index >= 15 is 0 Å². The molecule has 1 aromatic rings. The van der Waals surface area contributed by atoms with Crippen molar-refractivity contribution >= 4 is 0 Å². The van der Waals surface area contributed by atoms with Crippen LogP contribution in [-0.4, -0.2) is 28.5 Å². The zero-order chi connectivity index (χ0) is 14.8. The molecule has 0 radical (unpaired) electrons. The number of pyridine rings is 1. The summed E-state index contributed by atoms with van der Waals surface area (Å²) in [6, 6.07) is 4.37. The molecule has 0 bridgehead atoms. The molecule has 1 aliphatic rings. The summed E-state index contributed by atoms with van der Waals surface area (Å²) in [6.07, 6.45) is 2.01. The van der Waals surface area contributed by atoms with E-state index in [1.807, 2.05) is 6.20 Å². The minimum atomic E-state index is 0.153.